The molecule has 1 amide bonds. The fourth-order valence-corrected chi connectivity index (χ4v) is 4.44. The van der Waals surface area contributed by atoms with E-state index in [9.17, 15) is 9.18 Å². The van der Waals surface area contributed by atoms with Crippen LogP contribution in [0.3, 0.4) is 0 Å². The molecular weight excluding hydrogens is 357 g/mol. The van der Waals surface area contributed by atoms with Crippen LogP contribution in [0.2, 0.25) is 0 Å². The number of halogens is 1. The molecule has 1 saturated heterocycles. The van der Waals surface area contributed by atoms with Gasteiger partial charge in [0, 0.05) is 25.7 Å². The van der Waals surface area contributed by atoms with Gasteiger partial charge in [-0.15, -0.1) is 0 Å². The van der Waals surface area contributed by atoms with E-state index in [0.29, 0.717) is 24.3 Å². The molecule has 1 saturated carbocycles. The minimum absolute atomic E-state index is 0.0950. The monoisotopic (exact) mass is 391 g/mol. The molecule has 6 heteroatoms. The first-order valence-corrected chi connectivity index (χ1v) is 10.6. The van der Waals surface area contributed by atoms with Gasteiger partial charge in [0.15, 0.2) is 11.6 Å². The number of carbonyl (C=O) groups is 1. The lowest BCUT2D eigenvalue weighted by Gasteiger charge is -2.37. The van der Waals surface area contributed by atoms with E-state index < -0.39 is 0 Å². The Bertz CT molecular complexity index is 632. The highest BCUT2D eigenvalue weighted by Gasteiger charge is 2.27. The zero-order valence-electron chi connectivity index (χ0n) is 17.2. The van der Waals surface area contributed by atoms with E-state index >= 15 is 0 Å². The average Bonchev–Trinajstić information content (AvgIpc) is 2.65. The van der Waals surface area contributed by atoms with Crippen LogP contribution in [0, 0.1) is 11.7 Å². The summed E-state index contributed by atoms with van der Waals surface area (Å²) in [7, 11) is 3.84. The summed E-state index contributed by atoms with van der Waals surface area (Å²) >= 11 is 0. The zero-order valence-corrected chi connectivity index (χ0v) is 17.2. The summed E-state index contributed by atoms with van der Waals surface area (Å²) in [4.78, 5) is 16.4. The molecule has 2 aliphatic rings. The van der Waals surface area contributed by atoms with Gasteiger partial charge in [-0.1, -0.05) is 18.6 Å². The molecule has 0 spiro atoms. The number of likely N-dealkylation sites (N-methyl/N-ethyl adjacent to an activating group) is 1. The SMILES string of the molecule is CN(C)CC(=O)N[C@@H]1CCC[C@@H](CN2CCC(Oc3ccccc3F)CC2)C1. The standard InChI is InChI=1S/C22H34FN3O2/c1-25(2)16-22(27)24-18-7-5-6-17(14-18)15-26-12-10-19(11-13-26)28-21-9-4-3-8-20(21)23/h3-4,8-9,17-19H,5-7,10-16H2,1-2H3,(H,24,27)/t17-,18-/m1/s1. The molecule has 1 heterocycles. The number of ether oxygens (including phenoxy) is 1. The predicted molar refractivity (Wildman–Crippen MR) is 109 cm³/mol. The number of piperidine rings is 1. The van der Waals surface area contributed by atoms with Gasteiger partial charge in [0.2, 0.25) is 5.91 Å². The number of nitrogens with one attached hydrogen (secondary N) is 1. The maximum atomic E-state index is 13.8. The van der Waals surface area contributed by atoms with Gasteiger partial charge in [0.05, 0.1) is 6.54 Å². The van der Waals surface area contributed by atoms with Gasteiger partial charge in [-0.05, 0) is 64.3 Å². The van der Waals surface area contributed by atoms with Crippen LogP contribution < -0.4 is 10.1 Å². The summed E-state index contributed by atoms with van der Waals surface area (Å²) in [6.45, 7) is 3.53. The number of likely N-dealkylation sites (tertiary alicyclic amines) is 1. The van der Waals surface area contributed by atoms with Gasteiger partial charge in [-0.2, -0.15) is 0 Å². The number of amides is 1. The van der Waals surface area contributed by atoms with E-state index in [1.807, 2.05) is 25.1 Å². The van der Waals surface area contributed by atoms with Crippen LogP contribution in [0.1, 0.15) is 38.5 Å². The summed E-state index contributed by atoms with van der Waals surface area (Å²) < 4.78 is 19.6. The van der Waals surface area contributed by atoms with Crippen LogP contribution in [0.5, 0.6) is 5.75 Å². The fraction of sp³-hybridized carbons (Fsp3) is 0.682. The maximum Gasteiger partial charge on any atom is 0.234 e. The summed E-state index contributed by atoms with van der Waals surface area (Å²) in [6.07, 6.45) is 6.56. The maximum absolute atomic E-state index is 13.8. The van der Waals surface area contributed by atoms with E-state index in [1.165, 1.54) is 18.9 Å². The largest absolute Gasteiger partial charge is 0.487 e. The third kappa shape index (κ3) is 6.45. The molecule has 2 fully saturated rings. The lowest BCUT2D eigenvalue weighted by Crippen LogP contribution is -2.45. The molecule has 0 unspecified atom stereocenters. The second-order valence-electron chi connectivity index (χ2n) is 8.58. The van der Waals surface area contributed by atoms with Crippen molar-refractivity contribution in [1.82, 2.24) is 15.1 Å². The number of hydrogen-bond acceptors (Lipinski definition) is 4. The van der Waals surface area contributed by atoms with Crippen molar-refractivity contribution in [2.45, 2.75) is 50.7 Å². The Morgan fingerprint density at radius 3 is 2.68 bits per heavy atom. The Balaban J connectivity index is 1.39. The van der Waals surface area contributed by atoms with Crippen LogP contribution in [0.4, 0.5) is 4.39 Å². The Morgan fingerprint density at radius 2 is 1.96 bits per heavy atom. The van der Waals surface area contributed by atoms with Gasteiger partial charge in [0.1, 0.15) is 6.10 Å². The molecule has 1 aromatic carbocycles. The second-order valence-corrected chi connectivity index (χ2v) is 8.58. The highest BCUT2D eigenvalue weighted by atomic mass is 19.1. The van der Waals surface area contributed by atoms with Crippen LogP contribution in [0.15, 0.2) is 24.3 Å². The molecule has 0 bridgehead atoms. The van der Waals surface area contributed by atoms with Crippen molar-refractivity contribution in [2.24, 2.45) is 5.92 Å². The molecule has 0 aromatic heterocycles. The smallest absolute Gasteiger partial charge is 0.234 e. The topological polar surface area (TPSA) is 44.8 Å². The molecule has 1 aromatic rings. The Labute approximate surface area is 168 Å². The van der Waals surface area contributed by atoms with Crippen LogP contribution in [0.25, 0.3) is 0 Å². The number of para-hydroxylation sites is 1. The molecule has 0 radical (unpaired) electrons. The lowest BCUT2D eigenvalue weighted by atomic mass is 9.85. The van der Waals surface area contributed by atoms with Crippen molar-refractivity contribution >= 4 is 5.91 Å². The highest BCUT2D eigenvalue weighted by Crippen LogP contribution is 2.27. The fourth-order valence-electron chi connectivity index (χ4n) is 4.44. The van der Waals surface area contributed by atoms with Gasteiger partial charge < -0.3 is 19.9 Å². The molecular formula is C22H34FN3O2. The summed E-state index contributed by atoms with van der Waals surface area (Å²) in [5.74, 6) is 0.850. The third-order valence-corrected chi connectivity index (χ3v) is 5.79. The average molecular weight is 392 g/mol. The first-order chi connectivity index (χ1) is 13.5. The van der Waals surface area contributed by atoms with Crippen molar-refractivity contribution in [3.63, 3.8) is 0 Å². The molecule has 28 heavy (non-hydrogen) atoms. The lowest BCUT2D eigenvalue weighted by molar-refractivity contribution is -0.122. The summed E-state index contributed by atoms with van der Waals surface area (Å²) in [5.41, 5.74) is 0. The first kappa shape index (κ1) is 21.1. The quantitative estimate of drug-likeness (QED) is 0.776. The summed E-state index contributed by atoms with van der Waals surface area (Å²) in [5, 5.41) is 3.20. The molecule has 1 aliphatic carbocycles. The van der Waals surface area contributed by atoms with Crippen molar-refractivity contribution in [1.29, 1.82) is 0 Å². The van der Waals surface area contributed by atoms with E-state index in [4.69, 9.17) is 4.74 Å². The Morgan fingerprint density at radius 1 is 1.21 bits per heavy atom. The molecule has 2 atom stereocenters. The van der Waals surface area contributed by atoms with Crippen LogP contribution >= 0.6 is 0 Å². The van der Waals surface area contributed by atoms with E-state index in [0.717, 1.165) is 45.3 Å². The van der Waals surface area contributed by atoms with E-state index in [1.54, 1.807) is 12.1 Å². The Kier molecular flexibility index (Phi) is 7.68. The van der Waals surface area contributed by atoms with Gasteiger partial charge >= 0.3 is 0 Å². The normalized spacial score (nSPS) is 24.3. The number of rotatable bonds is 7. The van der Waals surface area contributed by atoms with Crippen molar-refractivity contribution in [3.8, 4) is 5.75 Å². The highest BCUT2D eigenvalue weighted by molar-refractivity contribution is 5.78. The van der Waals surface area contributed by atoms with Gasteiger partial charge in [-0.3, -0.25) is 4.79 Å². The number of carbonyl (C=O) groups excluding carboxylic acids is 1. The number of benzene rings is 1. The molecule has 5 nitrogen and oxygen atoms in total. The van der Waals surface area contributed by atoms with Crippen molar-refractivity contribution in [2.75, 3.05) is 40.3 Å². The van der Waals surface area contributed by atoms with Crippen LogP contribution in [-0.2, 0) is 4.79 Å². The van der Waals surface area contributed by atoms with E-state index in [2.05, 4.69) is 10.2 Å². The van der Waals surface area contributed by atoms with Gasteiger partial charge in [-0.25, -0.2) is 4.39 Å². The van der Waals surface area contributed by atoms with Crippen molar-refractivity contribution < 1.29 is 13.9 Å². The number of nitrogens with zero attached hydrogens (tertiary/aromatic N) is 2. The minimum Gasteiger partial charge on any atom is -0.487 e. The minimum atomic E-state index is -0.283. The number of hydrogen-bond donors (Lipinski definition) is 1. The van der Waals surface area contributed by atoms with Gasteiger partial charge in [0.25, 0.3) is 0 Å². The molecule has 156 valence electrons. The first-order valence-electron chi connectivity index (χ1n) is 10.6. The van der Waals surface area contributed by atoms with Crippen molar-refractivity contribution in [3.05, 3.63) is 30.1 Å². The molecule has 3 rings (SSSR count). The van der Waals surface area contributed by atoms with E-state index in [-0.39, 0.29) is 17.8 Å². The molecule has 1 N–H and O–H groups in total. The third-order valence-electron chi connectivity index (χ3n) is 5.79. The van der Waals surface area contributed by atoms with Crippen LogP contribution in [-0.4, -0.2) is 68.1 Å². The zero-order chi connectivity index (χ0) is 19.9. The second kappa shape index (κ2) is 10.2. The predicted octanol–water partition coefficient (Wildman–Crippen LogP) is 2.91. The summed E-state index contributed by atoms with van der Waals surface area (Å²) in [6, 6.07) is 6.96. The Hall–Kier alpha value is -1.66. The molecule has 1 aliphatic heterocycles.